The molecule has 63 heavy (non-hydrogen) atoms. The number of hydrogen-bond acceptors (Lipinski definition) is 11. The van der Waals surface area contributed by atoms with E-state index >= 15 is 0 Å². The zero-order chi connectivity index (χ0) is 44.2. The van der Waals surface area contributed by atoms with Gasteiger partial charge in [-0.3, -0.25) is 14.5 Å². The van der Waals surface area contributed by atoms with Crippen molar-refractivity contribution in [3.8, 4) is 34.1 Å². The molecular weight excluding hydrogens is 803 g/mol. The Kier molecular flexibility index (Phi) is 12.8. The molecule has 3 heterocycles. The van der Waals surface area contributed by atoms with Crippen molar-refractivity contribution in [2.24, 2.45) is 0 Å². The van der Waals surface area contributed by atoms with Crippen molar-refractivity contribution < 1.29 is 42.8 Å². The van der Waals surface area contributed by atoms with E-state index in [1.54, 1.807) is 39.0 Å². The number of benzene rings is 4. The van der Waals surface area contributed by atoms with Gasteiger partial charge in [0.25, 0.3) is 11.8 Å². The number of ether oxygens (including phenoxy) is 6. The van der Waals surface area contributed by atoms with Crippen LogP contribution in [0.3, 0.4) is 0 Å². The summed E-state index contributed by atoms with van der Waals surface area (Å²) < 4.78 is 35.4. The number of rotatable bonds is 15. The minimum absolute atomic E-state index is 0.0838. The summed E-state index contributed by atoms with van der Waals surface area (Å²) in [7, 11) is 3.04. The van der Waals surface area contributed by atoms with E-state index in [0.29, 0.717) is 86.5 Å². The molecule has 0 spiro atoms. The monoisotopic (exact) mass is 857 g/mol. The first-order valence-corrected chi connectivity index (χ1v) is 21.4. The fourth-order valence-electron chi connectivity index (χ4n) is 9.02. The average molecular weight is 858 g/mol. The number of unbranched alkanes of at least 4 members (excludes halogenated alkanes) is 2. The predicted octanol–water partition coefficient (Wildman–Crippen LogP) is 7.28. The number of nitrogens with two attached hydrogens (primary N) is 2. The minimum atomic E-state index is -0.725. The number of methoxy groups -OCH3 is 2. The summed E-state index contributed by atoms with van der Waals surface area (Å²) in [4.78, 5) is 46.0. The second-order valence-electron chi connectivity index (χ2n) is 16.4. The SMILES string of the molecule is C=C1CCN(C(=O)c2cc(OC)c(OCCCCCOc3cc(N)c(C(=O)N4CC(=C)CC4C4OCCN4C(=O)OCC4c5ccccc5-c5ccccc54)cc3OC)cc2N)C1. The summed E-state index contributed by atoms with van der Waals surface area (Å²) in [6, 6.07) is 22.4. The van der Waals surface area contributed by atoms with Crippen LogP contribution in [0.25, 0.3) is 11.1 Å². The van der Waals surface area contributed by atoms with Crippen LogP contribution < -0.4 is 30.4 Å². The van der Waals surface area contributed by atoms with E-state index in [1.165, 1.54) is 14.2 Å². The van der Waals surface area contributed by atoms with Gasteiger partial charge >= 0.3 is 6.09 Å². The number of carbonyl (C=O) groups excluding carboxylic acids is 3. The van der Waals surface area contributed by atoms with Gasteiger partial charge in [0, 0.05) is 49.1 Å². The highest BCUT2D eigenvalue weighted by Gasteiger charge is 2.45. The fraction of sp³-hybridized carbons (Fsp3) is 0.367. The Morgan fingerprint density at radius 2 is 1.30 bits per heavy atom. The number of nitrogens with zero attached hydrogens (tertiary/aromatic N) is 3. The first-order chi connectivity index (χ1) is 30.6. The summed E-state index contributed by atoms with van der Waals surface area (Å²) in [5.74, 6) is 1.12. The van der Waals surface area contributed by atoms with Crippen LogP contribution in [0.4, 0.5) is 16.2 Å². The average Bonchev–Trinajstić information content (AvgIpc) is 4.10. The molecule has 8 rings (SSSR count). The van der Waals surface area contributed by atoms with Gasteiger partial charge in [-0.1, -0.05) is 72.8 Å². The standard InChI is InChI=1S/C49H55N5O9/c1-30-16-17-52(27-30)46(55)36-23-42(58-3)44(25-39(36)50)60-19-10-5-11-20-61-45-26-40(51)37(24-43(45)59-4)47(56)54-28-31(2)22-41(54)48-53(18-21-62-48)49(57)63-29-38-34-14-8-6-12-32(34)33-13-7-9-15-35(33)38/h6-9,12-15,23-26,38,41,48H,1-2,5,10-11,16-22,27-29,50-51H2,3-4H3. The zero-order valence-corrected chi connectivity index (χ0v) is 35.9. The number of likely N-dealkylation sites (tertiary alicyclic amines) is 2. The molecule has 330 valence electrons. The van der Waals surface area contributed by atoms with E-state index < -0.39 is 18.4 Å². The van der Waals surface area contributed by atoms with Crippen LogP contribution in [-0.4, -0.2) is 112 Å². The third-order valence-electron chi connectivity index (χ3n) is 12.3. The van der Waals surface area contributed by atoms with Gasteiger partial charge in [-0.2, -0.15) is 0 Å². The van der Waals surface area contributed by atoms with E-state index in [0.717, 1.165) is 52.7 Å². The Labute approximate surface area is 367 Å². The van der Waals surface area contributed by atoms with E-state index in [4.69, 9.17) is 39.9 Å². The Morgan fingerprint density at radius 3 is 1.87 bits per heavy atom. The summed E-state index contributed by atoms with van der Waals surface area (Å²) in [5.41, 5.74) is 20.4. The van der Waals surface area contributed by atoms with Crippen LogP contribution in [0.1, 0.15) is 69.9 Å². The fourth-order valence-corrected chi connectivity index (χ4v) is 9.02. The van der Waals surface area contributed by atoms with E-state index in [9.17, 15) is 14.4 Å². The third-order valence-corrected chi connectivity index (χ3v) is 12.3. The number of hydrogen-bond donors (Lipinski definition) is 2. The lowest BCUT2D eigenvalue weighted by Gasteiger charge is -2.33. The maximum absolute atomic E-state index is 14.3. The molecule has 1 aliphatic carbocycles. The van der Waals surface area contributed by atoms with Crippen molar-refractivity contribution in [3.05, 3.63) is 119 Å². The van der Waals surface area contributed by atoms with Crippen LogP contribution in [-0.2, 0) is 9.47 Å². The molecule has 3 fully saturated rings. The highest BCUT2D eigenvalue weighted by atomic mass is 16.6. The van der Waals surface area contributed by atoms with Gasteiger partial charge in [0.1, 0.15) is 6.61 Å². The van der Waals surface area contributed by atoms with Crippen LogP contribution in [0.2, 0.25) is 0 Å². The van der Waals surface area contributed by atoms with Crippen LogP contribution in [0, 0.1) is 0 Å². The molecule has 4 aromatic carbocycles. The Hall–Kier alpha value is -6.67. The van der Waals surface area contributed by atoms with Gasteiger partial charge in [-0.05, 0) is 66.5 Å². The van der Waals surface area contributed by atoms with Gasteiger partial charge in [-0.25, -0.2) is 4.79 Å². The molecule has 0 bridgehead atoms. The lowest BCUT2D eigenvalue weighted by molar-refractivity contribution is -0.0211. The van der Waals surface area contributed by atoms with Gasteiger partial charge in [0.15, 0.2) is 29.2 Å². The van der Waals surface area contributed by atoms with Crippen LogP contribution in [0.15, 0.2) is 97.1 Å². The first kappa shape index (κ1) is 43.0. The Balaban J connectivity index is 0.841. The Bertz CT molecular complexity index is 2370. The first-order valence-electron chi connectivity index (χ1n) is 21.4. The highest BCUT2D eigenvalue weighted by molar-refractivity contribution is 6.01. The second kappa shape index (κ2) is 18.7. The Morgan fingerprint density at radius 1 is 0.714 bits per heavy atom. The topological polar surface area (TPSA) is 168 Å². The van der Waals surface area contributed by atoms with Crippen molar-refractivity contribution in [2.75, 3.05) is 78.3 Å². The summed E-state index contributed by atoms with van der Waals surface area (Å²) >= 11 is 0. The molecule has 0 saturated carbocycles. The van der Waals surface area contributed by atoms with Gasteiger partial charge < -0.3 is 49.7 Å². The maximum atomic E-state index is 14.3. The van der Waals surface area contributed by atoms with Crippen molar-refractivity contribution in [1.29, 1.82) is 0 Å². The largest absolute Gasteiger partial charge is 0.493 e. The molecule has 0 radical (unpaired) electrons. The molecule has 14 nitrogen and oxygen atoms in total. The number of carbonyl (C=O) groups is 3. The van der Waals surface area contributed by atoms with Crippen molar-refractivity contribution in [3.63, 3.8) is 0 Å². The van der Waals surface area contributed by atoms with Crippen LogP contribution in [0.5, 0.6) is 23.0 Å². The summed E-state index contributed by atoms with van der Waals surface area (Å²) in [5, 5.41) is 0. The van der Waals surface area contributed by atoms with Crippen LogP contribution >= 0.6 is 0 Å². The normalized spacial score (nSPS) is 18.1. The summed E-state index contributed by atoms with van der Waals surface area (Å²) in [6.45, 7) is 11.2. The number of amides is 3. The second-order valence-corrected chi connectivity index (χ2v) is 16.4. The van der Waals surface area contributed by atoms with E-state index in [2.05, 4.69) is 37.4 Å². The molecule has 3 saturated heterocycles. The van der Waals surface area contributed by atoms with Gasteiger partial charge in [0.2, 0.25) is 0 Å². The highest BCUT2D eigenvalue weighted by Crippen LogP contribution is 2.45. The minimum Gasteiger partial charge on any atom is -0.493 e. The quantitative estimate of drug-likeness (QED) is 0.0701. The molecule has 4 N–H and O–H groups in total. The molecule has 14 heteroatoms. The van der Waals surface area contributed by atoms with Gasteiger partial charge in [0.05, 0.1) is 57.8 Å². The van der Waals surface area contributed by atoms with Crippen molar-refractivity contribution in [2.45, 2.75) is 50.3 Å². The number of fused-ring (bicyclic) bond motifs is 3. The molecule has 4 aliphatic rings. The lowest BCUT2D eigenvalue weighted by Crippen LogP contribution is -2.51. The molecular formula is C49H55N5O9. The smallest absolute Gasteiger partial charge is 0.412 e. The molecule has 3 aliphatic heterocycles. The number of anilines is 2. The molecule has 2 atom stereocenters. The lowest BCUT2D eigenvalue weighted by atomic mass is 9.98. The van der Waals surface area contributed by atoms with Crippen molar-refractivity contribution >= 4 is 29.3 Å². The van der Waals surface area contributed by atoms with E-state index in [1.807, 2.05) is 24.3 Å². The molecule has 4 aromatic rings. The number of nitrogen functional groups attached to an aromatic ring is 2. The van der Waals surface area contributed by atoms with E-state index in [-0.39, 0.29) is 42.1 Å². The van der Waals surface area contributed by atoms with Gasteiger partial charge in [-0.15, -0.1) is 0 Å². The maximum Gasteiger partial charge on any atom is 0.412 e. The molecule has 2 unspecified atom stereocenters. The zero-order valence-electron chi connectivity index (χ0n) is 35.9. The van der Waals surface area contributed by atoms with Crippen molar-refractivity contribution in [1.82, 2.24) is 14.7 Å². The molecule has 3 amide bonds. The predicted molar refractivity (Wildman–Crippen MR) is 239 cm³/mol. The third kappa shape index (κ3) is 8.85. The molecule has 0 aromatic heterocycles. The summed E-state index contributed by atoms with van der Waals surface area (Å²) in [6.07, 6.45) is 2.25.